The summed E-state index contributed by atoms with van der Waals surface area (Å²) in [6.07, 6.45) is 0. The molecule has 1 fully saturated rings. The van der Waals surface area contributed by atoms with Crippen molar-refractivity contribution in [2.24, 2.45) is 0 Å². The van der Waals surface area contributed by atoms with E-state index in [-0.39, 0.29) is 41.0 Å². The van der Waals surface area contributed by atoms with E-state index in [4.69, 9.17) is 21.1 Å². The minimum atomic E-state index is -4.03. The van der Waals surface area contributed by atoms with E-state index in [1.54, 1.807) is 30.3 Å². The number of ether oxygens (including phenoxy) is 2. The standard InChI is InChI=1S/C25H27ClN4O8S2/c1-27(18-4-6-19(37-2)7-5-18)39(33,34)20-9-11-25(38-3)24(17-20)28-12-14-29(15-13-28)40(35,36)21-8-10-22(26)23(16-21)30(31)32/h4-11,16-17H,12-15H2,1-3H3. The van der Waals surface area contributed by atoms with Crippen molar-refractivity contribution in [3.05, 3.63) is 75.8 Å². The molecule has 0 radical (unpaired) electrons. The Morgan fingerprint density at radius 2 is 1.50 bits per heavy atom. The average Bonchev–Trinajstić information content (AvgIpc) is 2.96. The summed E-state index contributed by atoms with van der Waals surface area (Å²) < 4.78 is 66.3. The molecular weight excluding hydrogens is 584 g/mol. The van der Waals surface area contributed by atoms with Gasteiger partial charge < -0.3 is 14.4 Å². The Balaban J connectivity index is 1.57. The van der Waals surface area contributed by atoms with Crippen LogP contribution in [-0.4, -0.2) is 73.5 Å². The molecule has 12 nitrogen and oxygen atoms in total. The van der Waals surface area contributed by atoms with Gasteiger partial charge in [0.1, 0.15) is 16.5 Å². The van der Waals surface area contributed by atoms with E-state index in [0.717, 1.165) is 10.4 Å². The van der Waals surface area contributed by atoms with Gasteiger partial charge in [-0.05, 0) is 54.6 Å². The molecule has 0 bridgehead atoms. The van der Waals surface area contributed by atoms with Crippen molar-refractivity contribution in [2.45, 2.75) is 9.79 Å². The number of nitro groups is 1. The Kier molecular flexibility index (Phi) is 8.44. The number of nitro benzene ring substituents is 1. The van der Waals surface area contributed by atoms with Gasteiger partial charge in [-0.15, -0.1) is 0 Å². The maximum absolute atomic E-state index is 13.5. The van der Waals surface area contributed by atoms with Crippen molar-refractivity contribution >= 4 is 48.7 Å². The van der Waals surface area contributed by atoms with Gasteiger partial charge in [-0.3, -0.25) is 14.4 Å². The molecule has 0 aliphatic carbocycles. The highest BCUT2D eigenvalue weighted by Gasteiger charge is 2.32. The zero-order valence-electron chi connectivity index (χ0n) is 21.9. The second-order valence-electron chi connectivity index (χ2n) is 8.77. The Hall–Kier alpha value is -3.59. The summed E-state index contributed by atoms with van der Waals surface area (Å²) in [5.74, 6) is 1.02. The second-order valence-corrected chi connectivity index (χ2v) is 13.1. The maximum Gasteiger partial charge on any atom is 0.289 e. The molecule has 0 saturated carbocycles. The van der Waals surface area contributed by atoms with Gasteiger partial charge in [-0.2, -0.15) is 4.31 Å². The van der Waals surface area contributed by atoms with E-state index >= 15 is 0 Å². The summed E-state index contributed by atoms with van der Waals surface area (Å²) in [7, 11) is -3.54. The Morgan fingerprint density at radius 3 is 2.08 bits per heavy atom. The van der Waals surface area contributed by atoms with Crippen LogP contribution in [0.2, 0.25) is 5.02 Å². The maximum atomic E-state index is 13.5. The Labute approximate surface area is 237 Å². The van der Waals surface area contributed by atoms with Crippen LogP contribution >= 0.6 is 11.6 Å². The molecule has 0 atom stereocenters. The lowest BCUT2D eigenvalue weighted by Crippen LogP contribution is -2.48. The lowest BCUT2D eigenvalue weighted by atomic mass is 10.2. The molecule has 3 aromatic carbocycles. The zero-order valence-corrected chi connectivity index (χ0v) is 24.2. The van der Waals surface area contributed by atoms with E-state index in [1.165, 1.54) is 49.8 Å². The molecule has 40 heavy (non-hydrogen) atoms. The van der Waals surface area contributed by atoms with E-state index in [2.05, 4.69) is 0 Å². The third kappa shape index (κ3) is 5.66. The smallest absolute Gasteiger partial charge is 0.289 e. The van der Waals surface area contributed by atoms with Crippen LogP contribution in [0.5, 0.6) is 11.5 Å². The lowest BCUT2D eigenvalue weighted by Gasteiger charge is -2.36. The van der Waals surface area contributed by atoms with Gasteiger partial charge in [0.05, 0.1) is 40.3 Å². The van der Waals surface area contributed by atoms with Gasteiger partial charge in [-0.1, -0.05) is 11.6 Å². The summed E-state index contributed by atoms with van der Waals surface area (Å²) in [5.41, 5.74) is 0.439. The third-order valence-corrected chi connectivity index (χ3v) is 10.6. The molecule has 1 aliphatic rings. The van der Waals surface area contributed by atoms with Gasteiger partial charge in [-0.25, -0.2) is 16.8 Å². The molecule has 1 saturated heterocycles. The number of hydrogen-bond donors (Lipinski definition) is 0. The number of methoxy groups -OCH3 is 2. The van der Waals surface area contributed by atoms with Gasteiger partial charge in [0.2, 0.25) is 10.0 Å². The molecule has 1 aliphatic heterocycles. The molecule has 1 heterocycles. The summed E-state index contributed by atoms with van der Waals surface area (Å²) in [6, 6.07) is 14.5. The van der Waals surface area contributed by atoms with E-state index in [0.29, 0.717) is 22.9 Å². The lowest BCUT2D eigenvalue weighted by molar-refractivity contribution is -0.384. The molecule has 4 rings (SSSR count). The predicted octanol–water partition coefficient (Wildman–Crippen LogP) is 3.60. The highest BCUT2D eigenvalue weighted by molar-refractivity contribution is 7.92. The van der Waals surface area contributed by atoms with Crippen LogP contribution in [0.25, 0.3) is 0 Å². The first-order valence-corrected chi connectivity index (χ1v) is 15.2. The van der Waals surface area contributed by atoms with Gasteiger partial charge >= 0.3 is 0 Å². The Bertz CT molecular complexity index is 1620. The predicted molar refractivity (Wildman–Crippen MR) is 151 cm³/mol. The van der Waals surface area contributed by atoms with E-state index in [1.807, 2.05) is 4.90 Å². The highest BCUT2D eigenvalue weighted by atomic mass is 35.5. The Morgan fingerprint density at radius 1 is 0.875 bits per heavy atom. The number of hydrogen-bond acceptors (Lipinski definition) is 9. The summed E-state index contributed by atoms with van der Waals surface area (Å²) in [5, 5.41) is 11.1. The topological polar surface area (TPSA) is 140 Å². The van der Waals surface area contributed by atoms with Crippen LogP contribution in [0.4, 0.5) is 17.1 Å². The fourth-order valence-corrected chi connectivity index (χ4v) is 7.12. The van der Waals surface area contributed by atoms with Gasteiger partial charge in [0.25, 0.3) is 15.7 Å². The average molecular weight is 611 g/mol. The van der Waals surface area contributed by atoms with Crippen molar-refractivity contribution in [1.82, 2.24) is 4.31 Å². The van der Waals surface area contributed by atoms with Crippen molar-refractivity contribution in [3.63, 3.8) is 0 Å². The van der Waals surface area contributed by atoms with Crippen LogP contribution in [0.15, 0.2) is 70.5 Å². The van der Waals surface area contributed by atoms with Gasteiger partial charge in [0.15, 0.2) is 0 Å². The molecule has 15 heteroatoms. The van der Waals surface area contributed by atoms with Crippen LogP contribution in [0.1, 0.15) is 0 Å². The summed E-state index contributed by atoms with van der Waals surface area (Å²) in [4.78, 5) is 12.1. The summed E-state index contributed by atoms with van der Waals surface area (Å²) >= 11 is 5.83. The first kappa shape index (κ1) is 29.4. The molecule has 0 amide bonds. The molecule has 214 valence electrons. The van der Waals surface area contributed by atoms with Crippen molar-refractivity contribution in [3.8, 4) is 11.5 Å². The number of sulfonamides is 2. The summed E-state index contributed by atoms with van der Waals surface area (Å²) in [6.45, 7) is 0.571. The zero-order chi connectivity index (χ0) is 29.2. The first-order valence-electron chi connectivity index (χ1n) is 11.9. The molecular formula is C25H27ClN4O8S2. The monoisotopic (exact) mass is 610 g/mol. The molecule has 0 aromatic heterocycles. The number of anilines is 2. The minimum absolute atomic E-state index is 0.0325. The normalized spacial score (nSPS) is 14.6. The van der Waals surface area contributed by atoms with E-state index < -0.39 is 30.7 Å². The number of halogens is 1. The van der Waals surface area contributed by atoms with Crippen molar-refractivity contribution in [1.29, 1.82) is 0 Å². The van der Waals surface area contributed by atoms with Crippen LogP contribution in [0, 0.1) is 10.1 Å². The van der Waals surface area contributed by atoms with Crippen molar-refractivity contribution < 1.29 is 31.2 Å². The van der Waals surface area contributed by atoms with Gasteiger partial charge in [0, 0.05) is 39.3 Å². The van der Waals surface area contributed by atoms with E-state index in [9.17, 15) is 26.9 Å². The van der Waals surface area contributed by atoms with Crippen molar-refractivity contribution in [2.75, 3.05) is 56.7 Å². The molecule has 0 unspecified atom stereocenters. The highest BCUT2D eigenvalue weighted by Crippen LogP contribution is 2.35. The molecule has 3 aromatic rings. The number of benzene rings is 3. The SMILES string of the molecule is COc1ccc(N(C)S(=O)(=O)c2ccc(OC)c(N3CCN(S(=O)(=O)c4ccc(Cl)c([N+](=O)[O-])c4)CC3)c2)cc1. The van der Waals surface area contributed by atoms with Crippen LogP contribution < -0.4 is 18.7 Å². The fourth-order valence-electron chi connectivity index (χ4n) is 4.28. The third-order valence-electron chi connectivity index (χ3n) is 6.58. The van der Waals surface area contributed by atoms with Crippen LogP contribution in [-0.2, 0) is 20.0 Å². The first-order chi connectivity index (χ1) is 18.9. The second kappa shape index (κ2) is 11.5. The quantitative estimate of drug-likeness (QED) is 0.262. The molecule has 0 N–H and O–H groups in total. The number of piperazine rings is 1. The fraction of sp³-hybridized carbons (Fsp3) is 0.280. The number of nitrogens with zero attached hydrogens (tertiary/aromatic N) is 4. The largest absolute Gasteiger partial charge is 0.497 e. The minimum Gasteiger partial charge on any atom is -0.497 e. The van der Waals surface area contributed by atoms with Crippen LogP contribution in [0.3, 0.4) is 0 Å². The molecule has 0 spiro atoms. The number of rotatable bonds is 9.